The van der Waals surface area contributed by atoms with Gasteiger partial charge in [-0.2, -0.15) is 0 Å². The van der Waals surface area contributed by atoms with E-state index in [4.69, 9.17) is 0 Å². The molecule has 0 radical (unpaired) electrons. The van der Waals surface area contributed by atoms with Gasteiger partial charge in [0.15, 0.2) is 0 Å². The molecule has 3 aliphatic rings. The minimum Gasteiger partial charge on any atom is -0.338 e. The van der Waals surface area contributed by atoms with Gasteiger partial charge in [0.2, 0.25) is 0 Å². The van der Waals surface area contributed by atoms with Crippen LogP contribution in [-0.2, 0) is 0 Å². The molecule has 1 saturated heterocycles. The lowest BCUT2D eigenvalue weighted by molar-refractivity contribution is 0.170. The number of rotatable bonds is 2. The molecule has 2 saturated carbocycles. The summed E-state index contributed by atoms with van der Waals surface area (Å²) < 4.78 is 0. The molecule has 102 valence electrons. The Morgan fingerprint density at radius 1 is 1.17 bits per heavy atom. The van der Waals surface area contributed by atoms with Crippen LogP contribution in [0.2, 0.25) is 0 Å². The Balaban J connectivity index is 1.41. The number of fused-ring (bicyclic) bond motifs is 2. The summed E-state index contributed by atoms with van der Waals surface area (Å²) in [5.41, 5.74) is 0. The summed E-state index contributed by atoms with van der Waals surface area (Å²) in [5.74, 6) is 3.46. The topological polar surface area (TPSA) is 32.3 Å². The predicted molar refractivity (Wildman–Crippen MR) is 72.3 cm³/mol. The van der Waals surface area contributed by atoms with Crippen molar-refractivity contribution in [3.8, 4) is 0 Å². The zero-order valence-electron chi connectivity index (χ0n) is 11.5. The van der Waals surface area contributed by atoms with Crippen molar-refractivity contribution < 1.29 is 4.79 Å². The lowest BCUT2D eigenvalue weighted by Crippen LogP contribution is -2.45. The first-order chi connectivity index (χ1) is 8.72. The maximum absolute atomic E-state index is 12.1. The zero-order chi connectivity index (χ0) is 12.5. The molecule has 3 atom stereocenters. The zero-order valence-corrected chi connectivity index (χ0v) is 11.5. The molecule has 1 heterocycles. The summed E-state index contributed by atoms with van der Waals surface area (Å²) in [7, 11) is 0. The molecule has 3 nitrogen and oxygen atoms in total. The summed E-state index contributed by atoms with van der Waals surface area (Å²) >= 11 is 0. The molecule has 3 heteroatoms. The van der Waals surface area contributed by atoms with E-state index in [1.54, 1.807) is 0 Å². The lowest BCUT2D eigenvalue weighted by atomic mass is 9.89. The van der Waals surface area contributed by atoms with E-state index in [1.165, 1.54) is 38.5 Å². The number of carbonyl (C=O) groups is 1. The van der Waals surface area contributed by atoms with Crippen molar-refractivity contribution in [2.45, 2.75) is 45.4 Å². The van der Waals surface area contributed by atoms with Gasteiger partial charge in [-0.3, -0.25) is 0 Å². The first kappa shape index (κ1) is 12.3. The first-order valence-electron chi connectivity index (χ1n) is 7.75. The highest BCUT2D eigenvalue weighted by Crippen LogP contribution is 2.47. The highest BCUT2D eigenvalue weighted by molar-refractivity contribution is 5.74. The standard InChI is InChI=1S/C15H26N2O/c1-11-4-6-17(7-5-11)15(18)16-10-14-9-12-2-3-13(14)8-12/h11-14H,2-10H2,1H3,(H,16,18). The number of nitrogens with one attached hydrogen (secondary N) is 1. The molecule has 2 aliphatic carbocycles. The van der Waals surface area contributed by atoms with Crippen molar-refractivity contribution in [1.29, 1.82) is 0 Å². The van der Waals surface area contributed by atoms with Crippen molar-refractivity contribution in [1.82, 2.24) is 10.2 Å². The second-order valence-electron chi connectivity index (χ2n) is 6.79. The molecular weight excluding hydrogens is 224 g/mol. The van der Waals surface area contributed by atoms with Crippen molar-refractivity contribution in [2.24, 2.45) is 23.7 Å². The van der Waals surface area contributed by atoms with Crippen molar-refractivity contribution >= 4 is 6.03 Å². The van der Waals surface area contributed by atoms with E-state index in [0.29, 0.717) is 0 Å². The van der Waals surface area contributed by atoms with Gasteiger partial charge in [0, 0.05) is 19.6 Å². The van der Waals surface area contributed by atoms with Crippen molar-refractivity contribution in [3.63, 3.8) is 0 Å². The average molecular weight is 250 g/mol. The highest BCUT2D eigenvalue weighted by atomic mass is 16.2. The van der Waals surface area contributed by atoms with Gasteiger partial charge in [-0.15, -0.1) is 0 Å². The molecule has 18 heavy (non-hydrogen) atoms. The first-order valence-corrected chi connectivity index (χ1v) is 7.75. The molecular formula is C15H26N2O. The SMILES string of the molecule is CC1CCN(C(=O)NCC2CC3CCC2C3)CC1. The number of piperidine rings is 1. The average Bonchev–Trinajstić information content (AvgIpc) is 2.99. The van der Waals surface area contributed by atoms with Crippen LogP contribution in [0.1, 0.15) is 45.4 Å². The van der Waals surface area contributed by atoms with Gasteiger partial charge in [-0.25, -0.2) is 4.79 Å². The van der Waals surface area contributed by atoms with Crippen LogP contribution >= 0.6 is 0 Å². The van der Waals surface area contributed by atoms with Crippen LogP contribution < -0.4 is 5.32 Å². The predicted octanol–water partition coefficient (Wildman–Crippen LogP) is 2.86. The van der Waals surface area contributed by atoms with Gasteiger partial charge in [0.1, 0.15) is 0 Å². The second-order valence-corrected chi connectivity index (χ2v) is 6.79. The highest BCUT2D eigenvalue weighted by Gasteiger charge is 2.39. The van der Waals surface area contributed by atoms with E-state index < -0.39 is 0 Å². The van der Waals surface area contributed by atoms with Crippen LogP contribution in [0.5, 0.6) is 0 Å². The Morgan fingerprint density at radius 3 is 2.56 bits per heavy atom. The summed E-state index contributed by atoms with van der Waals surface area (Å²) in [6.45, 7) is 5.10. The minimum absolute atomic E-state index is 0.185. The Labute approximate surface area is 110 Å². The molecule has 1 N–H and O–H groups in total. The monoisotopic (exact) mass is 250 g/mol. The Kier molecular flexibility index (Phi) is 3.49. The number of carbonyl (C=O) groups excluding carboxylic acids is 1. The van der Waals surface area contributed by atoms with Crippen LogP contribution in [0.15, 0.2) is 0 Å². The summed E-state index contributed by atoms with van der Waals surface area (Å²) in [6, 6.07) is 0.185. The normalized spacial score (nSPS) is 36.1. The molecule has 3 rings (SSSR count). The molecule has 1 aliphatic heterocycles. The maximum atomic E-state index is 12.1. The number of amides is 2. The third-order valence-corrected chi connectivity index (χ3v) is 5.47. The third kappa shape index (κ3) is 2.50. The summed E-state index contributed by atoms with van der Waals surface area (Å²) in [4.78, 5) is 14.1. The van der Waals surface area contributed by atoms with Crippen molar-refractivity contribution in [2.75, 3.05) is 19.6 Å². The van der Waals surface area contributed by atoms with E-state index in [0.717, 1.165) is 43.3 Å². The molecule has 3 unspecified atom stereocenters. The molecule has 3 fully saturated rings. The van der Waals surface area contributed by atoms with Crippen LogP contribution in [0.25, 0.3) is 0 Å². The van der Waals surface area contributed by atoms with E-state index in [-0.39, 0.29) is 6.03 Å². The van der Waals surface area contributed by atoms with E-state index in [9.17, 15) is 4.79 Å². The fourth-order valence-corrected chi connectivity index (χ4v) is 4.17. The number of likely N-dealkylation sites (tertiary alicyclic amines) is 1. The fraction of sp³-hybridized carbons (Fsp3) is 0.933. The number of nitrogens with zero attached hydrogens (tertiary/aromatic N) is 1. The number of urea groups is 1. The van der Waals surface area contributed by atoms with Gasteiger partial charge in [-0.05, 0) is 55.8 Å². The molecule has 2 bridgehead atoms. The number of hydrogen-bond donors (Lipinski definition) is 1. The summed E-state index contributed by atoms with van der Waals surface area (Å²) in [6.07, 6.45) is 7.98. The van der Waals surface area contributed by atoms with E-state index in [2.05, 4.69) is 12.2 Å². The van der Waals surface area contributed by atoms with Crippen LogP contribution in [0.3, 0.4) is 0 Å². The lowest BCUT2D eigenvalue weighted by Gasteiger charge is -2.31. The Hall–Kier alpha value is -0.730. The quantitative estimate of drug-likeness (QED) is 0.803. The minimum atomic E-state index is 0.185. The Bertz CT molecular complexity index is 310. The number of hydrogen-bond acceptors (Lipinski definition) is 1. The molecule has 0 spiro atoms. The fourth-order valence-electron chi connectivity index (χ4n) is 4.17. The van der Waals surface area contributed by atoms with Crippen LogP contribution in [0, 0.1) is 23.7 Å². The van der Waals surface area contributed by atoms with Gasteiger partial charge in [0.05, 0.1) is 0 Å². The van der Waals surface area contributed by atoms with Gasteiger partial charge >= 0.3 is 6.03 Å². The second kappa shape index (κ2) is 5.10. The van der Waals surface area contributed by atoms with Gasteiger partial charge in [0.25, 0.3) is 0 Å². The molecule has 2 amide bonds. The van der Waals surface area contributed by atoms with Gasteiger partial charge in [-0.1, -0.05) is 13.3 Å². The molecule has 0 aromatic carbocycles. The summed E-state index contributed by atoms with van der Waals surface area (Å²) in [5, 5.41) is 3.18. The largest absolute Gasteiger partial charge is 0.338 e. The Morgan fingerprint density at radius 2 is 1.94 bits per heavy atom. The van der Waals surface area contributed by atoms with Crippen LogP contribution in [-0.4, -0.2) is 30.6 Å². The van der Waals surface area contributed by atoms with E-state index >= 15 is 0 Å². The van der Waals surface area contributed by atoms with E-state index in [1.807, 2.05) is 4.90 Å². The maximum Gasteiger partial charge on any atom is 0.317 e. The smallest absolute Gasteiger partial charge is 0.317 e. The van der Waals surface area contributed by atoms with Gasteiger partial charge < -0.3 is 10.2 Å². The molecule has 0 aromatic heterocycles. The van der Waals surface area contributed by atoms with Crippen molar-refractivity contribution in [3.05, 3.63) is 0 Å². The molecule has 0 aromatic rings. The van der Waals surface area contributed by atoms with Crippen LogP contribution in [0.4, 0.5) is 4.79 Å². The third-order valence-electron chi connectivity index (χ3n) is 5.47.